The Kier molecular flexibility index (Phi) is 4.41. The van der Waals surface area contributed by atoms with Gasteiger partial charge in [0.2, 0.25) is 6.41 Å². The van der Waals surface area contributed by atoms with Crippen molar-refractivity contribution < 1.29 is 24.6 Å². The smallest absolute Gasteiger partial charge is 0.331 e. The first-order valence-corrected chi connectivity index (χ1v) is 6.63. The highest BCUT2D eigenvalue weighted by molar-refractivity contribution is 5.93. The fourth-order valence-corrected chi connectivity index (χ4v) is 2.41. The number of allylic oxidation sites excluding steroid dienone is 1. The zero-order valence-electron chi connectivity index (χ0n) is 11.9. The third-order valence-electron chi connectivity index (χ3n) is 3.59. The summed E-state index contributed by atoms with van der Waals surface area (Å²) in [5.74, 6) is -3.27. The summed E-state index contributed by atoms with van der Waals surface area (Å²) in [5.41, 5.74) is 1.23. The molecule has 6 nitrogen and oxygen atoms in total. The Morgan fingerprint density at radius 3 is 2.36 bits per heavy atom. The molecule has 2 N–H and O–H groups in total. The van der Waals surface area contributed by atoms with Gasteiger partial charge in [0.25, 0.3) is 0 Å². The zero-order valence-corrected chi connectivity index (χ0v) is 11.9. The SMILES string of the molecule is CC1=C(C(=O)O)CC(C(=O)O)C=C1N(C=O)c1ccccc1. The van der Waals surface area contributed by atoms with Crippen molar-refractivity contribution in [3.8, 4) is 0 Å². The Morgan fingerprint density at radius 1 is 1.23 bits per heavy atom. The molecule has 2 rings (SSSR count). The summed E-state index contributed by atoms with van der Waals surface area (Å²) in [5, 5.41) is 18.5. The second-order valence-corrected chi connectivity index (χ2v) is 4.92. The van der Waals surface area contributed by atoms with Gasteiger partial charge in [-0.05, 0) is 37.1 Å². The molecule has 1 amide bonds. The van der Waals surface area contributed by atoms with Crippen molar-refractivity contribution in [2.45, 2.75) is 13.3 Å². The second kappa shape index (κ2) is 6.26. The number of hydrogen-bond acceptors (Lipinski definition) is 3. The summed E-state index contributed by atoms with van der Waals surface area (Å²) < 4.78 is 0. The molecule has 22 heavy (non-hydrogen) atoms. The number of rotatable bonds is 5. The van der Waals surface area contributed by atoms with E-state index in [2.05, 4.69) is 0 Å². The van der Waals surface area contributed by atoms with E-state index in [1.54, 1.807) is 37.3 Å². The lowest BCUT2D eigenvalue weighted by Gasteiger charge is -2.28. The molecule has 1 aromatic rings. The summed E-state index contributed by atoms with van der Waals surface area (Å²) >= 11 is 0. The molecule has 0 aromatic heterocycles. The third-order valence-corrected chi connectivity index (χ3v) is 3.59. The van der Waals surface area contributed by atoms with Gasteiger partial charge in [0.05, 0.1) is 5.92 Å². The van der Waals surface area contributed by atoms with Crippen LogP contribution in [0.15, 0.2) is 53.3 Å². The van der Waals surface area contributed by atoms with Crippen LogP contribution in [0.5, 0.6) is 0 Å². The first-order valence-electron chi connectivity index (χ1n) is 6.63. The largest absolute Gasteiger partial charge is 0.481 e. The van der Waals surface area contributed by atoms with Crippen molar-refractivity contribution >= 4 is 24.0 Å². The van der Waals surface area contributed by atoms with Crippen LogP contribution < -0.4 is 4.90 Å². The maximum atomic E-state index is 11.5. The molecule has 1 unspecified atom stereocenters. The Hall–Kier alpha value is -2.89. The maximum absolute atomic E-state index is 11.5. The number of nitrogens with zero attached hydrogens (tertiary/aromatic N) is 1. The van der Waals surface area contributed by atoms with Gasteiger partial charge in [0, 0.05) is 17.0 Å². The standard InChI is InChI=1S/C16H15NO5/c1-10-13(16(21)22)7-11(15(19)20)8-14(10)17(9-18)12-5-3-2-4-6-12/h2-6,8-9,11H,7H2,1H3,(H,19,20)(H,21,22). The predicted octanol–water partition coefficient (Wildman–Crippen LogP) is 2.04. The molecule has 0 bridgehead atoms. The van der Waals surface area contributed by atoms with E-state index in [0.29, 0.717) is 17.7 Å². The van der Waals surface area contributed by atoms with Gasteiger partial charge in [-0.3, -0.25) is 14.5 Å². The molecular formula is C16H15NO5. The average molecular weight is 301 g/mol. The van der Waals surface area contributed by atoms with Crippen LogP contribution in [0, 0.1) is 5.92 Å². The van der Waals surface area contributed by atoms with Gasteiger partial charge in [-0.25, -0.2) is 4.79 Å². The minimum atomic E-state index is -1.17. The van der Waals surface area contributed by atoms with E-state index >= 15 is 0 Å². The van der Waals surface area contributed by atoms with Crippen LogP contribution in [0.2, 0.25) is 0 Å². The molecule has 1 aromatic carbocycles. The van der Waals surface area contributed by atoms with E-state index in [1.165, 1.54) is 11.0 Å². The van der Waals surface area contributed by atoms with E-state index in [4.69, 9.17) is 0 Å². The van der Waals surface area contributed by atoms with E-state index in [-0.39, 0.29) is 17.7 Å². The molecule has 1 atom stereocenters. The van der Waals surface area contributed by atoms with Crippen LogP contribution in [0.3, 0.4) is 0 Å². The van der Waals surface area contributed by atoms with Crippen LogP contribution in [-0.4, -0.2) is 28.6 Å². The first-order chi connectivity index (χ1) is 10.5. The minimum absolute atomic E-state index is 0.00711. The number of carbonyl (C=O) groups excluding carboxylic acids is 1. The Balaban J connectivity index is 2.54. The average Bonchev–Trinajstić information content (AvgIpc) is 2.50. The molecule has 114 valence electrons. The van der Waals surface area contributed by atoms with Crippen molar-refractivity contribution in [2.75, 3.05) is 4.90 Å². The van der Waals surface area contributed by atoms with Gasteiger partial charge in [-0.1, -0.05) is 18.2 Å². The van der Waals surface area contributed by atoms with E-state index in [1.807, 2.05) is 0 Å². The van der Waals surface area contributed by atoms with Crippen LogP contribution >= 0.6 is 0 Å². The quantitative estimate of drug-likeness (QED) is 0.811. The zero-order chi connectivity index (χ0) is 16.3. The normalized spacial score (nSPS) is 17.7. The van der Waals surface area contributed by atoms with Crippen molar-refractivity contribution in [2.24, 2.45) is 5.92 Å². The minimum Gasteiger partial charge on any atom is -0.481 e. The molecule has 0 heterocycles. The second-order valence-electron chi connectivity index (χ2n) is 4.92. The monoisotopic (exact) mass is 301 g/mol. The fourth-order valence-electron chi connectivity index (χ4n) is 2.41. The molecule has 0 aliphatic heterocycles. The summed E-state index contributed by atoms with van der Waals surface area (Å²) in [6.07, 6.45) is 1.88. The van der Waals surface area contributed by atoms with Gasteiger partial charge >= 0.3 is 11.9 Å². The molecule has 0 spiro atoms. The van der Waals surface area contributed by atoms with Gasteiger partial charge in [0.15, 0.2) is 0 Å². The summed E-state index contributed by atoms with van der Waals surface area (Å²) in [6, 6.07) is 8.63. The van der Waals surface area contributed by atoms with E-state index in [0.717, 1.165) is 0 Å². The van der Waals surface area contributed by atoms with Gasteiger partial charge in [-0.2, -0.15) is 0 Å². The lowest BCUT2D eigenvalue weighted by atomic mass is 9.87. The topological polar surface area (TPSA) is 94.9 Å². The first kappa shape index (κ1) is 15.5. The number of carbonyl (C=O) groups is 3. The molecule has 0 fully saturated rings. The van der Waals surface area contributed by atoms with E-state index < -0.39 is 17.9 Å². The summed E-state index contributed by atoms with van der Waals surface area (Å²) in [7, 11) is 0. The summed E-state index contributed by atoms with van der Waals surface area (Å²) in [6.45, 7) is 1.58. The maximum Gasteiger partial charge on any atom is 0.331 e. The van der Waals surface area contributed by atoms with Crippen LogP contribution in [0.4, 0.5) is 5.69 Å². The number of hydrogen-bond donors (Lipinski definition) is 2. The van der Waals surface area contributed by atoms with E-state index in [9.17, 15) is 24.6 Å². The van der Waals surface area contributed by atoms with Crippen molar-refractivity contribution in [3.05, 3.63) is 53.3 Å². The number of aliphatic carboxylic acids is 2. The van der Waals surface area contributed by atoms with Crippen LogP contribution in [0.1, 0.15) is 13.3 Å². The van der Waals surface area contributed by atoms with Crippen molar-refractivity contribution in [1.29, 1.82) is 0 Å². The lowest BCUT2D eigenvalue weighted by Crippen LogP contribution is -2.28. The fraction of sp³-hybridized carbons (Fsp3) is 0.188. The Bertz CT molecular complexity index is 675. The molecule has 1 aliphatic rings. The number of anilines is 1. The number of benzene rings is 1. The van der Waals surface area contributed by atoms with Gasteiger partial charge in [-0.15, -0.1) is 0 Å². The number of carboxylic acid groups (broad SMARTS) is 2. The molecule has 1 aliphatic carbocycles. The van der Waals surface area contributed by atoms with Gasteiger partial charge in [0.1, 0.15) is 0 Å². The van der Waals surface area contributed by atoms with Gasteiger partial charge < -0.3 is 10.2 Å². The molecular weight excluding hydrogens is 286 g/mol. The van der Waals surface area contributed by atoms with Crippen molar-refractivity contribution in [1.82, 2.24) is 0 Å². The Labute approximate surface area is 127 Å². The molecule has 0 radical (unpaired) electrons. The Morgan fingerprint density at radius 2 is 1.86 bits per heavy atom. The number of amides is 1. The predicted molar refractivity (Wildman–Crippen MR) is 79.1 cm³/mol. The van der Waals surface area contributed by atoms with Crippen LogP contribution in [-0.2, 0) is 14.4 Å². The molecule has 6 heteroatoms. The third kappa shape index (κ3) is 2.90. The summed E-state index contributed by atoms with van der Waals surface area (Å²) in [4.78, 5) is 35.3. The highest BCUT2D eigenvalue weighted by Crippen LogP contribution is 2.33. The highest BCUT2D eigenvalue weighted by Gasteiger charge is 2.30. The lowest BCUT2D eigenvalue weighted by molar-refractivity contribution is -0.140. The molecule has 0 saturated heterocycles. The van der Waals surface area contributed by atoms with Crippen molar-refractivity contribution in [3.63, 3.8) is 0 Å². The number of para-hydroxylation sites is 1. The molecule has 0 saturated carbocycles. The van der Waals surface area contributed by atoms with Crippen LogP contribution in [0.25, 0.3) is 0 Å². The highest BCUT2D eigenvalue weighted by atomic mass is 16.4. The number of carboxylic acids is 2.